The molecule has 3 N–H and O–H groups in total. The largest absolute Gasteiger partial charge is 0.356 e. The Morgan fingerprint density at radius 1 is 1.18 bits per heavy atom. The molecule has 2 aliphatic heterocycles. The third kappa shape index (κ3) is 7.18. The van der Waals surface area contributed by atoms with Gasteiger partial charge in [-0.15, -0.1) is 0 Å². The highest BCUT2D eigenvalue weighted by atomic mass is 16.2. The van der Waals surface area contributed by atoms with Gasteiger partial charge in [-0.3, -0.25) is 19.2 Å². The van der Waals surface area contributed by atoms with Crippen LogP contribution in [0.3, 0.4) is 0 Å². The number of hydrogen-bond acceptors (Lipinski definition) is 5. The highest BCUT2D eigenvalue weighted by Crippen LogP contribution is 2.28. The molecule has 0 aliphatic carbocycles. The first kappa shape index (κ1) is 27.6. The van der Waals surface area contributed by atoms with Crippen molar-refractivity contribution in [2.24, 2.45) is 23.2 Å². The van der Waals surface area contributed by atoms with Gasteiger partial charge in [0.05, 0.1) is 6.07 Å². The Bertz CT molecular complexity index is 813. The molecule has 34 heavy (non-hydrogen) atoms. The zero-order valence-corrected chi connectivity index (χ0v) is 21.4. The molecular formula is C25H41N5O4. The Morgan fingerprint density at radius 2 is 1.82 bits per heavy atom. The van der Waals surface area contributed by atoms with Gasteiger partial charge in [0, 0.05) is 24.9 Å². The molecule has 5 atom stereocenters. The topological polar surface area (TPSA) is 131 Å². The van der Waals surface area contributed by atoms with Crippen LogP contribution in [0.2, 0.25) is 0 Å². The number of hydrogen-bond donors (Lipinski definition) is 3. The molecular weight excluding hydrogens is 434 g/mol. The van der Waals surface area contributed by atoms with E-state index in [0.29, 0.717) is 25.8 Å². The van der Waals surface area contributed by atoms with E-state index in [4.69, 9.17) is 0 Å². The second kappa shape index (κ2) is 11.7. The highest BCUT2D eigenvalue weighted by molar-refractivity contribution is 5.93. The minimum atomic E-state index is -0.818. The van der Waals surface area contributed by atoms with Crippen LogP contribution in [0.4, 0.5) is 0 Å². The molecule has 2 saturated heterocycles. The summed E-state index contributed by atoms with van der Waals surface area (Å²) in [7, 11) is 1.58. The summed E-state index contributed by atoms with van der Waals surface area (Å²) in [5, 5.41) is 18.3. The Balaban J connectivity index is 2.36. The van der Waals surface area contributed by atoms with Crippen LogP contribution in [-0.4, -0.2) is 60.2 Å². The smallest absolute Gasteiger partial charge is 0.245 e. The minimum Gasteiger partial charge on any atom is -0.356 e. The van der Waals surface area contributed by atoms with Crippen molar-refractivity contribution in [3.05, 3.63) is 0 Å². The highest BCUT2D eigenvalue weighted by Gasteiger charge is 2.39. The number of carbonyl (C=O) groups is 4. The zero-order chi connectivity index (χ0) is 25.6. The SMILES string of the molecule is CC(C)C[C@H]1C(=O)N[C@H](C#N)C[C@@H]2C(=O)NC[C@@H]2CCCC[C@H](NC(=O)C(C)(C)C)C(=O)N1C. The van der Waals surface area contributed by atoms with Gasteiger partial charge in [-0.05, 0) is 37.5 Å². The van der Waals surface area contributed by atoms with Crippen molar-refractivity contribution in [2.45, 2.75) is 91.3 Å². The molecule has 0 aromatic heterocycles. The Labute approximate surface area is 203 Å². The van der Waals surface area contributed by atoms with Gasteiger partial charge in [0.2, 0.25) is 23.6 Å². The fourth-order valence-electron chi connectivity index (χ4n) is 4.66. The second-order valence-corrected chi connectivity index (χ2v) is 11.2. The van der Waals surface area contributed by atoms with Crippen LogP contribution >= 0.6 is 0 Å². The molecule has 2 aliphatic rings. The van der Waals surface area contributed by atoms with E-state index in [-0.39, 0.29) is 41.9 Å². The average Bonchev–Trinajstić information content (AvgIpc) is 3.10. The van der Waals surface area contributed by atoms with Gasteiger partial charge >= 0.3 is 0 Å². The van der Waals surface area contributed by atoms with Crippen LogP contribution in [0.15, 0.2) is 0 Å². The molecule has 2 heterocycles. The predicted octanol–water partition coefficient (Wildman–Crippen LogP) is 1.73. The lowest BCUT2D eigenvalue weighted by atomic mass is 9.85. The maximum absolute atomic E-state index is 13.5. The van der Waals surface area contributed by atoms with E-state index in [1.807, 2.05) is 13.8 Å². The van der Waals surface area contributed by atoms with E-state index in [0.717, 1.165) is 12.8 Å². The van der Waals surface area contributed by atoms with Gasteiger partial charge in [0.25, 0.3) is 0 Å². The summed E-state index contributed by atoms with van der Waals surface area (Å²) in [6.07, 6.45) is 3.41. The number of amides is 4. The number of likely N-dealkylation sites (N-methyl/N-ethyl adjacent to an activating group) is 1. The standard InChI is InChI=1S/C25H41N5O4/c1-15(2)11-20-22(32)28-17(13-26)12-18-16(14-27-21(18)31)9-7-8-10-19(23(33)30(20)6)29-24(34)25(3,4)5/h15-20H,7-12,14H2,1-6H3,(H,27,31)(H,28,32)(H,29,34)/t16-,17-,18-,19-,20-/m0/s1. The van der Waals surface area contributed by atoms with Gasteiger partial charge in [-0.1, -0.05) is 47.5 Å². The molecule has 190 valence electrons. The Morgan fingerprint density at radius 3 is 2.41 bits per heavy atom. The van der Waals surface area contributed by atoms with E-state index in [9.17, 15) is 24.4 Å². The maximum atomic E-state index is 13.5. The van der Waals surface area contributed by atoms with Crippen LogP contribution in [0.25, 0.3) is 0 Å². The van der Waals surface area contributed by atoms with Crippen molar-refractivity contribution >= 4 is 23.6 Å². The van der Waals surface area contributed by atoms with Gasteiger partial charge < -0.3 is 20.9 Å². The van der Waals surface area contributed by atoms with E-state index in [1.165, 1.54) is 4.90 Å². The fourth-order valence-corrected chi connectivity index (χ4v) is 4.66. The van der Waals surface area contributed by atoms with Crippen LogP contribution in [0, 0.1) is 34.5 Å². The third-order valence-electron chi connectivity index (χ3n) is 6.82. The third-order valence-corrected chi connectivity index (χ3v) is 6.82. The minimum absolute atomic E-state index is 0.0760. The van der Waals surface area contributed by atoms with Crippen LogP contribution in [-0.2, 0) is 19.2 Å². The number of nitrogens with one attached hydrogen (secondary N) is 3. The lowest BCUT2D eigenvalue weighted by Gasteiger charge is -2.34. The van der Waals surface area contributed by atoms with Crippen molar-refractivity contribution in [3.63, 3.8) is 0 Å². The number of nitrogens with zero attached hydrogens (tertiary/aromatic N) is 2. The van der Waals surface area contributed by atoms with E-state index in [2.05, 4.69) is 22.0 Å². The second-order valence-electron chi connectivity index (χ2n) is 11.2. The molecule has 0 spiro atoms. The van der Waals surface area contributed by atoms with Gasteiger partial charge in [-0.2, -0.15) is 5.26 Å². The number of fused-ring (bicyclic) bond motifs is 1. The molecule has 9 heteroatoms. The van der Waals surface area contributed by atoms with Crippen molar-refractivity contribution in [1.82, 2.24) is 20.9 Å². The monoisotopic (exact) mass is 475 g/mol. The predicted molar refractivity (Wildman–Crippen MR) is 128 cm³/mol. The maximum Gasteiger partial charge on any atom is 0.245 e. The zero-order valence-electron chi connectivity index (χ0n) is 21.4. The van der Waals surface area contributed by atoms with Gasteiger partial charge in [-0.25, -0.2) is 0 Å². The fraction of sp³-hybridized carbons (Fsp3) is 0.800. The number of nitriles is 1. The quantitative estimate of drug-likeness (QED) is 0.572. The first-order valence-corrected chi connectivity index (χ1v) is 12.4. The molecule has 2 rings (SSSR count). The molecule has 0 aromatic carbocycles. The summed E-state index contributed by atoms with van der Waals surface area (Å²) in [5.74, 6) is -1.14. The first-order valence-electron chi connectivity index (χ1n) is 12.4. The van der Waals surface area contributed by atoms with Crippen molar-refractivity contribution < 1.29 is 19.2 Å². The summed E-state index contributed by atoms with van der Waals surface area (Å²) in [5.41, 5.74) is -0.657. The molecule has 0 aromatic rings. The molecule has 9 nitrogen and oxygen atoms in total. The number of rotatable bonds is 3. The molecule has 0 unspecified atom stereocenters. The van der Waals surface area contributed by atoms with E-state index >= 15 is 0 Å². The average molecular weight is 476 g/mol. The molecule has 0 radical (unpaired) electrons. The normalized spacial score (nSPS) is 29.5. The summed E-state index contributed by atoms with van der Waals surface area (Å²) >= 11 is 0. The lowest BCUT2D eigenvalue weighted by molar-refractivity contribution is -0.143. The summed E-state index contributed by atoms with van der Waals surface area (Å²) in [6.45, 7) is 9.86. The molecule has 2 fully saturated rings. The summed E-state index contributed by atoms with van der Waals surface area (Å²) in [4.78, 5) is 53.3. The van der Waals surface area contributed by atoms with Crippen molar-refractivity contribution in [2.75, 3.05) is 13.6 Å². The molecule has 4 amide bonds. The van der Waals surface area contributed by atoms with Gasteiger partial charge in [0.15, 0.2) is 0 Å². The summed E-state index contributed by atoms with van der Waals surface area (Å²) in [6, 6.07) is -0.218. The van der Waals surface area contributed by atoms with E-state index in [1.54, 1.807) is 27.8 Å². The lowest BCUT2D eigenvalue weighted by Crippen LogP contribution is -2.56. The van der Waals surface area contributed by atoms with Crippen LogP contribution in [0.5, 0.6) is 0 Å². The first-order chi connectivity index (χ1) is 15.8. The molecule has 0 bridgehead atoms. The van der Waals surface area contributed by atoms with Crippen molar-refractivity contribution in [1.29, 1.82) is 5.26 Å². The Kier molecular flexibility index (Phi) is 9.48. The molecule has 0 saturated carbocycles. The van der Waals surface area contributed by atoms with Gasteiger partial charge in [0.1, 0.15) is 18.1 Å². The van der Waals surface area contributed by atoms with Crippen LogP contribution < -0.4 is 16.0 Å². The van der Waals surface area contributed by atoms with E-state index < -0.39 is 29.4 Å². The number of carbonyl (C=O) groups excluding carboxylic acids is 4. The van der Waals surface area contributed by atoms with Crippen molar-refractivity contribution in [3.8, 4) is 6.07 Å². The Hall–Kier alpha value is -2.63. The van der Waals surface area contributed by atoms with Crippen LogP contribution in [0.1, 0.15) is 73.1 Å². The summed E-state index contributed by atoms with van der Waals surface area (Å²) < 4.78 is 0.